The molecule has 1 aromatic rings. The minimum Gasteiger partial charge on any atom is -0.493 e. The number of aryl methyl sites for hydroxylation is 1. The highest BCUT2D eigenvalue weighted by molar-refractivity contribution is 8.00. The van der Waals surface area contributed by atoms with E-state index < -0.39 is 0 Å². The van der Waals surface area contributed by atoms with Crippen LogP contribution in [0.3, 0.4) is 0 Å². The number of hydrogen-bond acceptors (Lipinski definition) is 5. The van der Waals surface area contributed by atoms with Crippen LogP contribution in [0.25, 0.3) is 0 Å². The molecule has 8 heteroatoms. The smallest absolute Gasteiger partial charge is 0.315 e. The Morgan fingerprint density at radius 1 is 1.21 bits per heavy atom. The molecule has 0 radical (unpaired) electrons. The average Bonchev–Trinajstić information content (AvgIpc) is 3.39. The van der Waals surface area contributed by atoms with E-state index in [1.807, 2.05) is 23.9 Å². The molecule has 158 valence electrons. The predicted molar refractivity (Wildman–Crippen MR) is 113 cm³/mol. The van der Waals surface area contributed by atoms with Crippen LogP contribution in [0.1, 0.15) is 49.3 Å². The van der Waals surface area contributed by atoms with Gasteiger partial charge in [-0.25, -0.2) is 4.79 Å². The van der Waals surface area contributed by atoms with Gasteiger partial charge in [-0.1, -0.05) is 6.42 Å². The lowest BCUT2D eigenvalue weighted by Gasteiger charge is -2.17. The van der Waals surface area contributed by atoms with Crippen LogP contribution in [-0.4, -0.2) is 49.2 Å². The molecule has 2 aliphatic heterocycles. The van der Waals surface area contributed by atoms with Gasteiger partial charge in [0.25, 0.3) is 0 Å². The Kier molecular flexibility index (Phi) is 6.08. The van der Waals surface area contributed by atoms with E-state index in [0.29, 0.717) is 17.4 Å². The van der Waals surface area contributed by atoms with Crippen molar-refractivity contribution in [3.05, 3.63) is 23.3 Å². The van der Waals surface area contributed by atoms with Crippen LogP contribution in [0.2, 0.25) is 0 Å². The van der Waals surface area contributed by atoms with E-state index >= 15 is 0 Å². The van der Waals surface area contributed by atoms with Gasteiger partial charge in [0.2, 0.25) is 5.91 Å². The van der Waals surface area contributed by atoms with Crippen molar-refractivity contribution in [1.82, 2.24) is 16.0 Å². The normalized spacial score (nSPS) is 27.0. The van der Waals surface area contributed by atoms with Crippen LogP contribution in [-0.2, 0) is 11.2 Å². The second-order valence-corrected chi connectivity index (χ2v) is 9.20. The van der Waals surface area contributed by atoms with Gasteiger partial charge in [0.05, 0.1) is 32.3 Å². The molecule has 3 amide bonds. The van der Waals surface area contributed by atoms with Gasteiger partial charge in [-0.15, -0.1) is 0 Å². The number of methoxy groups -OCH3 is 2. The van der Waals surface area contributed by atoms with Crippen molar-refractivity contribution in [1.29, 1.82) is 0 Å². The molecule has 29 heavy (non-hydrogen) atoms. The summed E-state index contributed by atoms with van der Waals surface area (Å²) in [6.07, 6.45) is 5.27. The number of amides is 3. The molecule has 0 spiro atoms. The largest absolute Gasteiger partial charge is 0.493 e. The summed E-state index contributed by atoms with van der Waals surface area (Å²) in [7, 11) is 3.27. The Hall–Kier alpha value is -2.09. The number of carbonyl (C=O) groups is 2. The Labute approximate surface area is 175 Å². The van der Waals surface area contributed by atoms with Crippen molar-refractivity contribution in [3.8, 4) is 11.5 Å². The standard InChI is InChI=1S/C21H29N3O4S/c1-27-16-9-12-7-8-14(13(12)10-17(16)28-2)22-19(25)6-4-3-5-18-20-15(11-29-18)23-21(26)24-20/h9-10,14-15,18,20H,3-8,11H2,1-2H3,(H,22,25)(H2,23,24,26)/t14?,15-,18?,20-/m0/s1. The lowest BCUT2D eigenvalue weighted by Crippen LogP contribution is -2.36. The quantitative estimate of drug-likeness (QED) is 0.445. The van der Waals surface area contributed by atoms with Crippen molar-refractivity contribution in [2.24, 2.45) is 0 Å². The molecule has 7 nitrogen and oxygen atoms in total. The maximum absolute atomic E-state index is 12.5. The molecule has 2 heterocycles. The summed E-state index contributed by atoms with van der Waals surface area (Å²) in [6.45, 7) is 0. The third kappa shape index (κ3) is 4.27. The van der Waals surface area contributed by atoms with Crippen LogP contribution >= 0.6 is 11.8 Å². The molecule has 2 unspecified atom stereocenters. The van der Waals surface area contributed by atoms with Crippen LogP contribution in [0.5, 0.6) is 11.5 Å². The fourth-order valence-electron chi connectivity index (χ4n) is 4.62. The third-order valence-corrected chi connectivity index (χ3v) is 7.65. The van der Waals surface area contributed by atoms with E-state index in [-0.39, 0.29) is 30.1 Å². The summed E-state index contributed by atoms with van der Waals surface area (Å²) in [6, 6.07) is 4.51. The molecule has 4 atom stereocenters. The van der Waals surface area contributed by atoms with Crippen LogP contribution in [0, 0.1) is 0 Å². The molecule has 2 fully saturated rings. The number of rotatable bonds is 8. The number of hydrogen-bond donors (Lipinski definition) is 3. The first-order valence-corrected chi connectivity index (χ1v) is 11.4. The van der Waals surface area contributed by atoms with E-state index in [1.165, 1.54) is 5.56 Å². The van der Waals surface area contributed by atoms with E-state index in [9.17, 15) is 9.59 Å². The molecular formula is C21H29N3O4S. The van der Waals surface area contributed by atoms with Gasteiger partial charge < -0.3 is 25.4 Å². The zero-order chi connectivity index (χ0) is 20.4. The SMILES string of the molecule is COc1cc2c(cc1OC)C(NC(=O)CCCCC1SC[C@@H]3NC(=O)N[C@H]13)CC2. The maximum Gasteiger partial charge on any atom is 0.315 e. The van der Waals surface area contributed by atoms with Crippen molar-refractivity contribution in [2.75, 3.05) is 20.0 Å². The molecule has 3 N–H and O–H groups in total. The third-order valence-electron chi connectivity index (χ3n) is 6.14. The van der Waals surface area contributed by atoms with Gasteiger partial charge >= 0.3 is 6.03 Å². The number of carbonyl (C=O) groups excluding carboxylic acids is 2. The van der Waals surface area contributed by atoms with Crippen molar-refractivity contribution >= 4 is 23.7 Å². The van der Waals surface area contributed by atoms with Gasteiger partial charge in [-0.05, 0) is 48.9 Å². The first-order valence-electron chi connectivity index (χ1n) is 10.3. The number of ether oxygens (including phenoxy) is 2. The topological polar surface area (TPSA) is 88.7 Å². The highest BCUT2D eigenvalue weighted by Crippen LogP contribution is 2.39. The first-order chi connectivity index (χ1) is 14.1. The summed E-state index contributed by atoms with van der Waals surface area (Å²) in [5.74, 6) is 2.52. The maximum atomic E-state index is 12.5. The van der Waals surface area contributed by atoms with Crippen LogP contribution < -0.4 is 25.4 Å². The van der Waals surface area contributed by atoms with E-state index in [2.05, 4.69) is 16.0 Å². The summed E-state index contributed by atoms with van der Waals surface area (Å²) >= 11 is 1.92. The lowest BCUT2D eigenvalue weighted by atomic mass is 10.0. The Morgan fingerprint density at radius 2 is 2.00 bits per heavy atom. The van der Waals surface area contributed by atoms with Crippen molar-refractivity contribution < 1.29 is 19.1 Å². The zero-order valence-electron chi connectivity index (χ0n) is 17.0. The first kappa shape index (κ1) is 20.2. The average molecular weight is 420 g/mol. The van der Waals surface area contributed by atoms with Crippen LogP contribution in [0.15, 0.2) is 12.1 Å². The Balaban J connectivity index is 1.23. The van der Waals surface area contributed by atoms with E-state index in [4.69, 9.17) is 9.47 Å². The number of urea groups is 1. The molecule has 1 aromatic carbocycles. The molecule has 3 aliphatic rings. The lowest BCUT2D eigenvalue weighted by molar-refractivity contribution is -0.122. The van der Waals surface area contributed by atoms with Crippen LogP contribution in [0.4, 0.5) is 4.79 Å². The fourth-order valence-corrected chi connectivity index (χ4v) is 6.17. The molecule has 0 bridgehead atoms. The zero-order valence-corrected chi connectivity index (χ0v) is 17.8. The molecule has 1 aliphatic carbocycles. The molecular weight excluding hydrogens is 390 g/mol. The van der Waals surface area contributed by atoms with Gasteiger partial charge in [-0.2, -0.15) is 11.8 Å². The Bertz CT molecular complexity index is 787. The number of benzene rings is 1. The van der Waals surface area contributed by atoms with Crippen molar-refractivity contribution in [3.63, 3.8) is 0 Å². The monoisotopic (exact) mass is 419 g/mol. The number of unbranched alkanes of at least 4 members (excludes halogenated alkanes) is 1. The predicted octanol–water partition coefficient (Wildman–Crippen LogP) is 2.53. The fraction of sp³-hybridized carbons (Fsp3) is 0.619. The molecule has 0 aromatic heterocycles. The second kappa shape index (κ2) is 8.73. The van der Waals surface area contributed by atoms with Gasteiger partial charge in [0.15, 0.2) is 11.5 Å². The number of thioether (sulfide) groups is 1. The van der Waals surface area contributed by atoms with E-state index in [1.54, 1.807) is 14.2 Å². The summed E-state index contributed by atoms with van der Waals surface area (Å²) < 4.78 is 10.8. The minimum atomic E-state index is -0.0456. The summed E-state index contributed by atoms with van der Waals surface area (Å²) in [4.78, 5) is 23.9. The van der Waals surface area contributed by atoms with Gasteiger partial charge in [0, 0.05) is 17.4 Å². The van der Waals surface area contributed by atoms with Crippen molar-refractivity contribution in [2.45, 2.75) is 61.9 Å². The minimum absolute atomic E-state index is 0.0447. The van der Waals surface area contributed by atoms with Gasteiger partial charge in [0.1, 0.15) is 0 Å². The second-order valence-electron chi connectivity index (χ2n) is 7.93. The summed E-state index contributed by atoms with van der Waals surface area (Å²) in [5.41, 5.74) is 2.35. The molecule has 4 rings (SSSR count). The number of nitrogens with one attached hydrogen (secondary N) is 3. The highest BCUT2D eigenvalue weighted by atomic mass is 32.2. The number of fused-ring (bicyclic) bond motifs is 2. The Morgan fingerprint density at radius 3 is 2.79 bits per heavy atom. The summed E-state index contributed by atoms with van der Waals surface area (Å²) in [5, 5.41) is 9.63. The highest BCUT2D eigenvalue weighted by Gasteiger charge is 2.42. The molecule has 0 saturated carbocycles. The van der Waals surface area contributed by atoms with Gasteiger partial charge in [-0.3, -0.25) is 4.79 Å². The van der Waals surface area contributed by atoms with E-state index in [0.717, 1.165) is 49.2 Å². The molecule has 2 saturated heterocycles.